The quantitative estimate of drug-likeness (QED) is 0.642. The van der Waals surface area contributed by atoms with E-state index >= 15 is 0 Å². The Morgan fingerprint density at radius 2 is 1.91 bits per heavy atom. The average molecular weight is 182 g/mol. The lowest BCUT2D eigenvalue weighted by molar-refractivity contribution is -0.0656. The van der Waals surface area contributed by atoms with Crippen LogP contribution in [0, 0.1) is 5.41 Å². The fraction of sp³-hybridized carbons (Fsp3) is 1.00. The van der Waals surface area contributed by atoms with Gasteiger partial charge in [-0.05, 0) is 12.8 Å². The van der Waals surface area contributed by atoms with Gasteiger partial charge >= 0.3 is 0 Å². The number of thiol groups is 1. The van der Waals surface area contributed by atoms with E-state index < -0.39 is 11.8 Å². The van der Waals surface area contributed by atoms with Crippen molar-refractivity contribution in [2.45, 2.75) is 19.3 Å². The molecule has 1 aliphatic heterocycles. The molecule has 0 saturated carbocycles. The van der Waals surface area contributed by atoms with Crippen molar-refractivity contribution >= 4 is 12.6 Å². The number of alkyl halides is 2. The highest BCUT2D eigenvalue weighted by Gasteiger charge is 2.39. The summed E-state index contributed by atoms with van der Waals surface area (Å²) in [6.45, 7) is 0.899. The van der Waals surface area contributed by atoms with Gasteiger partial charge < -0.3 is 4.74 Å². The SMILES string of the molecule is FC(F)C1(CS)CCOCC1. The zero-order valence-electron chi connectivity index (χ0n) is 6.22. The van der Waals surface area contributed by atoms with Crippen LogP contribution in [0.1, 0.15) is 12.8 Å². The van der Waals surface area contributed by atoms with E-state index in [2.05, 4.69) is 12.6 Å². The van der Waals surface area contributed by atoms with E-state index in [1.54, 1.807) is 0 Å². The minimum absolute atomic E-state index is 0.258. The van der Waals surface area contributed by atoms with Gasteiger partial charge in [0.05, 0.1) is 0 Å². The first kappa shape index (κ1) is 9.26. The molecule has 1 saturated heterocycles. The van der Waals surface area contributed by atoms with Crippen molar-refractivity contribution in [2.24, 2.45) is 5.41 Å². The average Bonchev–Trinajstić information content (AvgIpc) is 2.05. The Kier molecular flexibility index (Phi) is 3.13. The maximum Gasteiger partial charge on any atom is 0.245 e. The van der Waals surface area contributed by atoms with Gasteiger partial charge in [0, 0.05) is 24.4 Å². The monoisotopic (exact) mass is 182 g/mol. The Labute approximate surface area is 70.5 Å². The van der Waals surface area contributed by atoms with Crippen LogP contribution in [0.25, 0.3) is 0 Å². The third-order valence-corrected chi connectivity index (χ3v) is 2.90. The van der Waals surface area contributed by atoms with Gasteiger partial charge in [0.1, 0.15) is 0 Å². The maximum absolute atomic E-state index is 12.5. The van der Waals surface area contributed by atoms with Crippen molar-refractivity contribution in [3.8, 4) is 0 Å². The van der Waals surface area contributed by atoms with E-state index in [0.717, 1.165) is 0 Å². The number of hydrogen-bond acceptors (Lipinski definition) is 2. The fourth-order valence-electron chi connectivity index (χ4n) is 1.22. The molecule has 0 N–H and O–H groups in total. The molecular weight excluding hydrogens is 170 g/mol. The summed E-state index contributed by atoms with van der Waals surface area (Å²) in [6, 6.07) is 0. The molecule has 0 amide bonds. The third-order valence-electron chi connectivity index (χ3n) is 2.27. The molecule has 4 heteroatoms. The Hall–Kier alpha value is 0.170. The molecular formula is C7H12F2OS. The van der Waals surface area contributed by atoms with Gasteiger partial charge in [-0.3, -0.25) is 0 Å². The topological polar surface area (TPSA) is 9.23 Å². The lowest BCUT2D eigenvalue weighted by Crippen LogP contribution is -2.37. The molecule has 1 fully saturated rings. The molecule has 66 valence electrons. The Morgan fingerprint density at radius 1 is 1.36 bits per heavy atom. The second-order valence-electron chi connectivity index (χ2n) is 2.93. The predicted molar refractivity (Wildman–Crippen MR) is 42.3 cm³/mol. The van der Waals surface area contributed by atoms with Crippen LogP contribution in [0.2, 0.25) is 0 Å². The zero-order chi connectivity index (χ0) is 8.32. The Morgan fingerprint density at radius 3 is 2.18 bits per heavy atom. The van der Waals surface area contributed by atoms with Crippen LogP contribution >= 0.6 is 12.6 Å². The molecule has 1 heterocycles. The predicted octanol–water partition coefficient (Wildman–Crippen LogP) is 1.98. The number of ether oxygens (including phenoxy) is 1. The molecule has 1 nitrogen and oxygen atoms in total. The van der Waals surface area contributed by atoms with Gasteiger partial charge in [-0.25, -0.2) is 8.78 Å². The van der Waals surface area contributed by atoms with Crippen LogP contribution < -0.4 is 0 Å². The molecule has 0 spiro atoms. The molecule has 0 aromatic heterocycles. The Balaban J connectivity index is 2.57. The van der Waals surface area contributed by atoms with Crippen molar-refractivity contribution in [2.75, 3.05) is 19.0 Å². The third kappa shape index (κ3) is 1.85. The summed E-state index contributed by atoms with van der Waals surface area (Å²) >= 11 is 3.95. The Bertz CT molecular complexity index is 124. The van der Waals surface area contributed by atoms with Gasteiger partial charge in [0.15, 0.2) is 0 Å². The standard InChI is InChI=1S/C7H12F2OS/c8-6(9)7(5-11)1-3-10-4-2-7/h6,11H,1-5H2. The zero-order valence-corrected chi connectivity index (χ0v) is 7.12. The van der Waals surface area contributed by atoms with Crippen LogP contribution in [0.4, 0.5) is 8.78 Å². The molecule has 0 unspecified atom stereocenters. The van der Waals surface area contributed by atoms with Crippen LogP contribution in [0.15, 0.2) is 0 Å². The minimum atomic E-state index is -2.26. The molecule has 1 aliphatic rings. The van der Waals surface area contributed by atoms with E-state index in [9.17, 15) is 8.78 Å². The molecule has 1 rings (SSSR count). The van der Waals surface area contributed by atoms with Gasteiger partial charge in [0.25, 0.3) is 0 Å². The van der Waals surface area contributed by atoms with E-state index in [4.69, 9.17) is 4.74 Å². The van der Waals surface area contributed by atoms with E-state index in [-0.39, 0.29) is 5.75 Å². The summed E-state index contributed by atoms with van der Waals surface area (Å²) in [6.07, 6.45) is -1.38. The number of halogens is 2. The minimum Gasteiger partial charge on any atom is -0.381 e. The van der Waals surface area contributed by atoms with Crippen molar-refractivity contribution < 1.29 is 13.5 Å². The lowest BCUT2D eigenvalue weighted by atomic mass is 9.83. The van der Waals surface area contributed by atoms with Crippen LogP contribution in [0.5, 0.6) is 0 Å². The molecule has 0 aromatic rings. The summed E-state index contributed by atoms with van der Waals surface area (Å²) in [7, 11) is 0. The van der Waals surface area contributed by atoms with Crippen LogP contribution in [-0.2, 0) is 4.74 Å². The summed E-state index contributed by atoms with van der Waals surface area (Å²) in [4.78, 5) is 0. The van der Waals surface area contributed by atoms with E-state index in [0.29, 0.717) is 26.1 Å². The van der Waals surface area contributed by atoms with Gasteiger partial charge in [-0.15, -0.1) is 0 Å². The molecule has 11 heavy (non-hydrogen) atoms. The molecule has 0 aliphatic carbocycles. The van der Waals surface area contributed by atoms with Crippen molar-refractivity contribution in [3.05, 3.63) is 0 Å². The first-order valence-corrected chi connectivity index (χ1v) is 4.31. The number of rotatable bonds is 2. The first-order chi connectivity index (χ1) is 5.21. The summed E-state index contributed by atoms with van der Waals surface area (Å²) < 4.78 is 30.0. The van der Waals surface area contributed by atoms with Crippen LogP contribution in [-0.4, -0.2) is 25.4 Å². The second-order valence-corrected chi connectivity index (χ2v) is 3.25. The smallest absolute Gasteiger partial charge is 0.245 e. The second kappa shape index (κ2) is 3.72. The highest BCUT2D eigenvalue weighted by atomic mass is 32.1. The highest BCUT2D eigenvalue weighted by molar-refractivity contribution is 7.80. The maximum atomic E-state index is 12.5. The molecule has 0 bridgehead atoms. The summed E-state index contributed by atoms with van der Waals surface area (Å²) in [5.41, 5.74) is -0.874. The van der Waals surface area contributed by atoms with Crippen molar-refractivity contribution in [1.29, 1.82) is 0 Å². The van der Waals surface area contributed by atoms with Crippen molar-refractivity contribution in [3.63, 3.8) is 0 Å². The summed E-state index contributed by atoms with van der Waals surface area (Å²) in [5, 5.41) is 0. The van der Waals surface area contributed by atoms with Gasteiger partial charge in [-0.1, -0.05) is 0 Å². The summed E-state index contributed by atoms with van der Waals surface area (Å²) in [5.74, 6) is 0.258. The molecule has 0 atom stereocenters. The molecule has 0 radical (unpaired) electrons. The van der Waals surface area contributed by atoms with E-state index in [1.165, 1.54) is 0 Å². The fourth-order valence-corrected chi connectivity index (χ4v) is 1.68. The number of hydrogen-bond donors (Lipinski definition) is 1. The highest BCUT2D eigenvalue weighted by Crippen LogP contribution is 2.37. The molecule has 0 aromatic carbocycles. The normalized spacial score (nSPS) is 24.0. The van der Waals surface area contributed by atoms with Crippen LogP contribution in [0.3, 0.4) is 0 Å². The first-order valence-electron chi connectivity index (χ1n) is 3.68. The largest absolute Gasteiger partial charge is 0.381 e. The van der Waals surface area contributed by atoms with Gasteiger partial charge in [-0.2, -0.15) is 12.6 Å². The van der Waals surface area contributed by atoms with Gasteiger partial charge in [0.2, 0.25) is 6.43 Å². The van der Waals surface area contributed by atoms with Crippen molar-refractivity contribution in [1.82, 2.24) is 0 Å². The van der Waals surface area contributed by atoms with E-state index in [1.807, 2.05) is 0 Å². The lowest BCUT2D eigenvalue weighted by Gasteiger charge is -2.34.